The number of fused-ring (bicyclic) bond motifs is 1. The number of carbonyl (C=O) groups is 2. The van der Waals surface area contributed by atoms with Crippen LogP contribution in [-0.2, 0) is 4.74 Å². The maximum Gasteiger partial charge on any atom is 0.419 e. The number of hydrogen-bond donors (Lipinski definition) is 1. The van der Waals surface area contributed by atoms with Crippen LogP contribution in [0.25, 0.3) is 21.3 Å². The lowest BCUT2D eigenvalue weighted by molar-refractivity contribution is 0.0544. The molecule has 0 saturated heterocycles. The fourth-order valence-corrected chi connectivity index (χ4v) is 4.82. The largest absolute Gasteiger partial charge is 0.443 e. The summed E-state index contributed by atoms with van der Waals surface area (Å²) in [5, 5.41) is 4.01. The highest BCUT2D eigenvalue weighted by Crippen LogP contribution is 2.33. The average molecular weight is 440 g/mol. The van der Waals surface area contributed by atoms with Crippen LogP contribution in [0.15, 0.2) is 30.0 Å². The number of carbonyl (C=O) groups excluding carboxylic acids is 2. The van der Waals surface area contributed by atoms with Crippen molar-refractivity contribution >= 4 is 34.2 Å². The van der Waals surface area contributed by atoms with Gasteiger partial charge in [-0.15, -0.1) is 11.3 Å². The lowest BCUT2D eigenvalue weighted by atomic mass is 9.94. The predicted octanol–water partition coefficient (Wildman–Crippen LogP) is 5.92. The molecule has 1 amide bonds. The SMILES string of the molecule is Cc1cn(C(=O)OC(C)(C)C)c2cc(-c3cncs3)cc(C(=O)NC3CCCCC3)c12. The van der Waals surface area contributed by atoms with E-state index in [4.69, 9.17) is 4.74 Å². The van der Waals surface area contributed by atoms with Gasteiger partial charge in [0.1, 0.15) is 5.60 Å². The zero-order valence-electron chi connectivity index (χ0n) is 18.5. The maximum atomic E-state index is 13.4. The van der Waals surface area contributed by atoms with Crippen LogP contribution in [0.5, 0.6) is 0 Å². The van der Waals surface area contributed by atoms with E-state index >= 15 is 0 Å². The van der Waals surface area contributed by atoms with Gasteiger partial charge in [0.15, 0.2) is 0 Å². The second kappa shape index (κ2) is 8.46. The number of amides is 1. The molecule has 1 aromatic carbocycles. The third-order valence-electron chi connectivity index (χ3n) is 5.59. The summed E-state index contributed by atoms with van der Waals surface area (Å²) in [7, 11) is 0. The molecule has 1 fully saturated rings. The van der Waals surface area contributed by atoms with Crippen LogP contribution in [0.2, 0.25) is 0 Å². The van der Waals surface area contributed by atoms with Gasteiger partial charge < -0.3 is 10.1 Å². The first-order valence-electron chi connectivity index (χ1n) is 10.8. The predicted molar refractivity (Wildman–Crippen MR) is 124 cm³/mol. The van der Waals surface area contributed by atoms with E-state index in [1.165, 1.54) is 22.3 Å². The Hall–Kier alpha value is -2.67. The van der Waals surface area contributed by atoms with Crippen molar-refractivity contribution in [1.82, 2.24) is 14.9 Å². The monoisotopic (exact) mass is 439 g/mol. The molecule has 2 heterocycles. The molecule has 7 heteroatoms. The Kier molecular flexibility index (Phi) is 5.88. The third-order valence-corrected chi connectivity index (χ3v) is 6.41. The maximum absolute atomic E-state index is 13.4. The van der Waals surface area contributed by atoms with Crippen molar-refractivity contribution < 1.29 is 14.3 Å². The van der Waals surface area contributed by atoms with Crippen LogP contribution in [0.4, 0.5) is 4.79 Å². The number of nitrogens with zero attached hydrogens (tertiary/aromatic N) is 2. The highest BCUT2D eigenvalue weighted by atomic mass is 32.1. The normalized spacial score (nSPS) is 15.2. The van der Waals surface area contributed by atoms with Gasteiger partial charge in [0.2, 0.25) is 0 Å². The molecular weight excluding hydrogens is 410 g/mol. The molecule has 0 aliphatic heterocycles. The van der Waals surface area contributed by atoms with E-state index in [2.05, 4.69) is 10.3 Å². The van der Waals surface area contributed by atoms with E-state index in [1.54, 1.807) is 17.9 Å². The Balaban J connectivity index is 1.82. The molecular formula is C24H29N3O3S. The van der Waals surface area contributed by atoms with Gasteiger partial charge in [-0.05, 0) is 63.8 Å². The highest BCUT2D eigenvalue weighted by Gasteiger charge is 2.25. The van der Waals surface area contributed by atoms with Gasteiger partial charge in [0.25, 0.3) is 5.91 Å². The molecule has 1 N–H and O–H groups in total. The first-order chi connectivity index (χ1) is 14.7. The van der Waals surface area contributed by atoms with Gasteiger partial charge in [-0.2, -0.15) is 0 Å². The number of ether oxygens (including phenoxy) is 1. The van der Waals surface area contributed by atoms with Crippen LogP contribution in [0.3, 0.4) is 0 Å². The minimum absolute atomic E-state index is 0.0895. The van der Waals surface area contributed by atoms with Crippen LogP contribution >= 0.6 is 11.3 Å². The minimum Gasteiger partial charge on any atom is -0.443 e. The molecule has 31 heavy (non-hydrogen) atoms. The van der Waals surface area contributed by atoms with E-state index < -0.39 is 11.7 Å². The molecule has 1 aliphatic carbocycles. The van der Waals surface area contributed by atoms with Crippen molar-refractivity contribution in [2.75, 3.05) is 0 Å². The number of thiazole rings is 1. The first kappa shape index (κ1) is 21.6. The Morgan fingerprint density at radius 1 is 1.19 bits per heavy atom. The third kappa shape index (κ3) is 4.66. The lowest BCUT2D eigenvalue weighted by Gasteiger charge is -2.23. The number of hydrogen-bond acceptors (Lipinski definition) is 5. The van der Waals surface area contributed by atoms with Gasteiger partial charge in [0, 0.05) is 29.4 Å². The molecule has 0 bridgehead atoms. The molecule has 164 valence electrons. The van der Waals surface area contributed by atoms with Gasteiger partial charge >= 0.3 is 6.09 Å². The molecule has 0 radical (unpaired) electrons. The Labute approximate surface area is 186 Å². The Morgan fingerprint density at radius 2 is 1.94 bits per heavy atom. The van der Waals surface area contributed by atoms with E-state index in [-0.39, 0.29) is 11.9 Å². The van der Waals surface area contributed by atoms with Crippen molar-refractivity contribution in [3.8, 4) is 10.4 Å². The topological polar surface area (TPSA) is 73.2 Å². The number of aryl methyl sites for hydroxylation is 1. The molecule has 6 nitrogen and oxygen atoms in total. The van der Waals surface area contributed by atoms with Gasteiger partial charge in [0.05, 0.1) is 15.9 Å². The van der Waals surface area contributed by atoms with Crippen LogP contribution in [-0.4, -0.2) is 33.2 Å². The quantitative estimate of drug-likeness (QED) is 0.550. The van der Waals surface area contributed by atoms with E-state index in [0.717, 1.165) is 47.1 Å². The summed E-state index contributed by atoms with van der Waals surface area (Å²) < 4.78 is 7.12. The van der Waals surface area contributed by atoms with Crippen LogP contribution in [0.1, 0.15) is 68.8 Å². The molecule has 3 aromatic rings. The van der Waals surface area contributed by atoms with Crippen LogP contribution in [0, 0.1) is 6.92 Å². The molecule has 0 spiro atoms. The molecule has 1 saturated carbocycles. The van der Waals surface area contributed by atoms with Crippen molar-refractivity contribution in [2.45, 2.75) is 71.4 Å². The van der Waals surface area contributed by atoms with Crippen molar-refractivity contribution in [1.29, 1.82) is 0 Å². The van der Waals surface area contributed by atoms with Gasteiger partial charge in [-0.3, -0.25) is 14.3 Å². The van der Waals surface area contributed by atoms with Crippen molar-refractivity contribution in [3.63, 3.8) is 0 Å². The lowest BCUT2D eigenvalue weighted by Crippen LogP contribution is -2.36. The summed E-state index contributed by atoms with van der Waals surface area (Å²) >= 11 is 1.50. The molecule has 2 aromatic heterocycles. The summed E-state index contributed by atoms with van der Waals surface area (Å²) in [5.41, 5.74) is 4.15. The van der Waals surface area contributed by atoms with Gasteiger partial charge in [-0.1, -0.05) is 19.3 Å². The zero-order valence-corrected chi connectivity index (χ0v) is 19.3. The number of aromatic nitrogens is 2. The molecule has 0 unspecified atom stereocenters. The second-order valence-electron chi connectivity index (χ2n) is 9.25. The van der Waals surface area contributed by atoms with Gasteiger partial charge in [-0.25, -0.2) is 4.79 Å². The second-order valence-corrected chi connectivity index (χ2v) is 10.1. The fourth-order valence-electron chi connectivity index (χ4n) is 4.21. The van der Waals surface area contributed by atoms with E-state index in [0.29, 0.717) is 11.1 Å². The molecule has 1 aliphatic rings. The van der Waals surface area contributed by atoms with Crippen molar-refractivity contribution in [3.05, 3.63) is 41.2 Å². The fraction of sp³-hybridized carbons (Fsp3) is 0.458. The number of nitrogens with one attached hydrogen (secondary N) is 1. The highest BCUT2D eigenvalue weighted by molar-refractivity contribution is 7.13. The van der Waals surface area contributed by atoms with E-state index in [1.807, 2.05) is 39.8 Å². The Morgan fingerprint density at radius 3 is 2.58 bits per heavy atom. The summed E-state index contributed by atoms with van der Waals surface area (Å²) in [4.78, 5) is 31.4. The minimum atomic E-state index is -0.613. The van der Waals surface area contributed by atoms with Crippen LogP contribution < -0.4 is 5.32 Å². The summed E-state index contributed by atoms with van der Waals surface area (Å²) in [5.74, 6) is -0.0895. The molecule has 0 atom stereocenters. The zero-order chi connectivity index (χ0) is 22.2. The average Bonchev–Trinajstić information content (AvgIpc) is 3.35. The number of benzene rings is 1. The summed E-state index contributed by atoms with van der Waals surface area (Å²) in [6, 6.07) is 4.06. The standard InChI is InChI=1S/C24H29N3O3S/c1-15-13-27(23(29)30-24(2,3)4)19-11-16(20-12-25-14-31-20)10-18(21(15)19)22(28)26-17-8-6-5-7-9-17/h10-14,17H,5-9H2,1-4H3,(H,26,28). The molecule has 4 rings (SSSR count). The van der Waals surface area contributed by atoms with Crippen molar-refractivity contribution in [2.24, 2.45) is 0 Å². The Bertz CT molecular complexity index is 1100. The smallest absolute Gasteiger partial charge is 0.419 e. The van der Waals surface area contributed by atoms with E-state index in [9.17, 15) is 9.59 Å². The number of rotatable bonds is 3. The summed E-state index contributed by atoms with van der Waals surface area (Å²) in [6.07, 6.45) is 8.64. The summed E-state index contributed by atoms with van der Waals surface area (Å²) in [6.45, 7) is 7.45. The first-order valence-corrected chi connectivity index (χ1v) is 11.7.